The van der Waals surface area contributed by atoms with E-state index in [1.807, 2.05) is 0 Å². The van der Waals surface area contributed by atoms with Gasteiger partial charge in [-0.3, -0.25) is 14.3 Å². The van der Waals surface area contributed by atoms with E-state index in [1.165, 1.54) is 6.20 Å². The van der Waals surface area contributed by atoms with Crippen LogP contribution >= 0.6 is 0 Å². The molecule has 0 amide bonds. The topological polar surface area (TPSA) is 105 Å². The Balaban J connectivity index is 2.39. The summed E-state index contributed by atoms with van der Waals surface area (Å²) in [6.07, 6.45) is -1.57. The highest BCUT2D eigenvalue weighted by Crippen LogP contribution is 2.30. The molecule has 7 heteroatoms. The molecule has 1 aliphatic rings. The fourth-order valence-electron chi connectivity index (χ4n) is 1.71. The van der Waals surface area contributed by atoms with Crippen molar-refractivity contribution in [3.8, 4) is 0 Å². The molecule has 1 aromatic heterocycles. The van der Waals surface area contributed by atoms with E-state index in [4.69, 9.17) is 9.84 Å². The Hall–Kier alpha value is -1.70. The fraction of sp³-hybridized carbons (Fsp3) is 0.400. The Morgan fingerprint density at radius 3 is 2.76 bits per heavy atom. The van der Waals surface area contributed by atoms with Crippen molar-refractivity contribution in [3.05, 3.63) is 45.3 Å². The van der Waals surface area contributed by atoms with Crippen LogP contribution in [0, 0.1) is 0 Å². The molecule has 0 saturated carbocycles. The lowest BCUT2D eigenvalue weighted by atomic mass is 10.1. The van der Waals surface area contributed by atoms with Gasteiger partial charge in [0.2, 0.25) is 0 Å². The van der Waals surface area contributed by atoms with Gasteiger partial charge in [-0.1, -0.05) is 6.58 Å². The predicted octanol–water partition coefficient (Wildman–Crippen LogP) is -1.66. The van der Waals surface area contributed by atoms with Crippen LogP contribution in [0.4, 0.5) is 0 Å². The molecule has 0 bridgehead atoms. The molecule has 0 aromatic carbocycles. The molecule has 2 heterocycles. The summed E-state index contributed by atoms with van der Waals surface area (Å²) in [6, 6.07) is 1.15. The molecule has 17 heavy (non-hydrogen) atoms. The zero-order chi connectivity index (χ0) is 12.6. The number of aliphatic hydroxyl groups excluding tert-OH is 2. The van der Waals surface area contributed by atoms with Crippen molar-refractivity contribution in [2.75, 3.05) is 6.61 Å². The second-order valence-corrected chi connectivity index (χ2v) is 3.74. The van der Waals surface area contributed by atoms with E-state index in [0.717, 1.165) is 10.6 Å². The quantitative estimate of drug-likeness (QED) is 0.537. The van der Waals surface area contributed by atoms with Crippen molar-refractivity contribution in [1.82, 2.24) is 9.55 Å². The Morgan fingerprint density at radius 1 is 1.53 bits per heavy atom. The van der Waals surface area contributed by atoms with Crippen molar-refractivity contribution >= 4 is 0 Å². The van der Waals surface area contributed by atoms with Crippen LogP contribution in [0.2, 0.25) is 0 Å². The van der Waals surface area contributed by atoms with Gasteiger partial charge < -0.3 is 14.9 Å². The van der Waals surface area contributed by atoms with Crippen molar-refractivity contribution < 1.29 is 14.9 Å². The minimum Gasteiger partial charge on any atom is -0.393 e. The average Bonchev–Trinajstić information content (AvgIpc) is 2.57. The molecule has 0 aliphatic carbocycles. The SMILES string of the molecule is C=C1[C@H](CO)O[C@H](n2ccc(=O)[nH]c2=O)[C@H]1O. The maximum absolute atomic E-state index is 11.5. The second-order valence-electron chi connectivity index (χ2n) is 3.74. The number of hydrogen-bond donors (Lipinski definition) is 3. The van der Waals surface area contributed by atoms with Gasteiger partial charge in [0.05, 0.1) is 6.61 Å². The van der Waals surface area contributed by atoms with E-state index in [0.29, 0.717) is 5.57 Å². The van der Waals surface area contributed by atoms with Gasteiger partial charge in [0.1, 0.15) is 12.2 Å². The fourth-order valence-corrected chi connectivity index (χ4v) is 1.71. The van der Waals surface area contributed by atoms with E-state index < -0.39 is 29.7 Å². The lowest BCUT2D eigenvalue weighted by Crippen LogP contribution is -2.35. The number of aromatic amines is 1. The van der Waals surface area contributed by atoms with Gasteiger partial charge in [0, 0.05) is 12.3 Å². The van der Waals surface area contributed by atoms with Crippen LogP contribution in [-0.2, 0) is 4.74 Å². The third-order valence-electron chi connectivity index (χ3n) is 2.66. The van der Waals surface area contributed by atoms with Crippen LogP contribution in [0.5, 0.6) is 0 Å². The maximum atomic E-state index is 11.5. The second kappa shape index (κ2) is 4.28. The lowest BCUT2D eigenvalue weighted by molar-refractivity contribution is -0.0527. The Morgan fingerprint density at radius 2 is 2.24 bits per heavy atom. The molecule has 1 fully saturated rings. The smallest absolute Gasteiger partial charge is 0.330 e. The molecule has 1 saturated heterocycles. The summed E-state index contributed by atoms with van der Waals surface area (Å²) >= 11 is 0. The molecule has 0 unspecified atom stereocenters. The standard InChI is InChI=1S/C10H12N2O5/c1-5-6(4-13)17-9(8(5)15)12-3-2-7(14)11-10(12)16/h2-3,6,8-9,13,15H,1,4H2,(H,11,14,16)/t6-,8-,9-/m0/s1. The Bertz CT molecular complexity index is 546. The van der Waals surface area contributed by atoms with Crippen LogP contribution < -0.4 is 11.2 Å². The number of hydrogen-bond acceptors (Lipinski definition) is 5. The van der Waals surface area contributed by atoms with Crippen molar-refractivity contribution in [3.63, 3.8) is 0 Å². The lowest BCUT2D eigenvalue weighted by Gasteiger charge is -2.16. The first-order valence-electron chi connectivity index (χ1n) is 4.99. The third-order valence-corrected chi connectivity index (χ3v) is 2.66. The number of ether oxygens (including phenoxy) is 1. The number of nitrogens with zero attached hydrogens (tertiary/aromatic N) is 1. The minimum absolute atomic E-state index is 0.301. The minimum atomic E-state index is -1.10. The molecule has 7 nitrogen and oxygen atoms in total. The van der Waals surface area contributed by atoms with Crippen LogP contribution in [0.15, 0.2) is 34.0 Å². The molecule has 0 spiro atoms. The van der Waals surface area contributed by atoms with Crippen LogP contribution in [0.1, 0.15) is 6.23 Å². The number of rotatable bonds is 2. The van der Waals surface area contributed by atoms with E-state index in [2.05, 4.69) is 11.6 Å². The van der Waals surface area contributed by atoms with Crippen LogP contribution in [0.25, 0.3) is 0 Å². The van der Waals surface area contributed by atoms with E-state index in [-0.39, 0.29) is 6.61 Å². The highest BCUT2D eigenvalue weighted by atomic mass is 16.5. The highest BCUT2D eigenvalue weighted by molar-refractivity contribution is 5.15. The van der Waals surface area contributed by atoms with Crippen molar-refractivity contribution in [2.45, 2.75) is 18.4 Å². The first-order chi connectivity index (χ1) is 8.04. The van der Waals surface area contributed by atoms with E-state index in [9.17, 15) is 14.7 Å². The monoisotopic (exact) mass is 240 g/mol. The normalized spacial score (nSPS) is 28.6. The average molecular weight is 240 g/mol. The van der Waals surface area contributed by atoms with Crippen molar-refractivity contribution in [1.29, 1.82) is 0 Å². The number of aliphatic hydroxyl groups is 2. The summed E-state index contributed by atoms with van der Waals surface area (Å²) in [4.78, 5) is 24.4. The van der Waals surface area contributed by atoms with Gasteiger partial charge in [-0.15, -0.1) is 0 Å². The largest absolute Gasteiger partial charge is 0.393 e. The number of H-pyrrole nitrogens is 1. The van der Waals surface area contributed by atoms with Crippen LogP contribution in [-0.4, -0.2) is 38.6 Å². The summed E-state index contributed by atoms with van der Waals surface area (Å²) in [5.41, 5.74) is -0.917. The molecular weight excluding hydrogens is 228 g/mol. The Labute approximate surface area is 95.6 Å². The number of nitrogens with one attached hydrogen (secondary N) is 1. The van der Waals surface area contributed by atoms with Gasteiger partial charge >= 0.3 is 5.69 Å². The molecule has 1 aliphatic heterocycles. The molecule has 0 radical (unpaired) electrons. The molecule has 3 N–H and O–H groups in total. The Kier molecular flexibility index (Phi) is 2.97. The summed E-state index contributed by atoms with van der Waals surface area (Å²) in [6.45, 7) is 3.26. The predicted molar refractivity (Wildman–Crippen MR) is 57.5 cm³/mol. The zero-order valence-corrected chi connectivity index (χ0v) is 8.87. The van der Waals surface area contributed by atoms with E-state index in [1.54, 1.807) is 0 Å². The molecular formula is C10H12N2O5. The van der Waals surface area contributed by atoms with Gasteiger partial charge in [0.15, 0.2) is 6.23 Å². The third kappa shape index (κ3) is 1.95. The summed E-state index contributed by atoms with van der Waals surface area (Å²) in [7, 11) is 0. The summed E-state index contributed by atoms with van der Waals surface area (Å²) in [5.74, 6) is 0. The maximum Gasteiger partial charge on any atom is 0.330 e. The first kappa shape index (κ1) is 11.8. The molecule has 1 aromatic rings. The first-order valence-corrected chi connectivity index (χ1v) is 4.99. The van der Waals surface area contributed by atoms with Gasteiger partial charge in [-0.25, -0.2) is 4.79 Å². The molecule has 2 rings (SSSR count). The number of aromatic nitrogens is 2. The summed E-state index contributed by atoms with van der Waals surface area (Å²) < 4.78 is 6.33. The van der Waals surface area contributed by atoms with E-state index >= 15 is 0 Å². The highest BCUT2D eigenvalue weighted by Gasteiger charge is 2.38. The van der Waals surface area contributed by atoms with Crippen LogP contribution in [0.3, 0.4) is 0 Å². The van der Waals surface area contributed by atoms with Crippen molar-refractivity contribution in [2.24, 2.45) is 0 Å². The van der Waals surface area contributed by atoms with Gasteiger partial charge in [-0.2, -0.15) is 0 Å². The zero-order valence-electron chi connectivity index (χ0n) is 8.87. The molecule has 3 atom stereocenters. The van der Waals surface area contributed by atoms with Gasteiger partial charge in [-0.05, 0) is 5.57 Å². The summed E-state index contributed by atoms with van der Waals surface area (Å²) in [5, 5.41) is 18.8. The van der Waals surface area contributed by atoms with Gasteiger partial charge in [0.25, 0.3) is 5.56 Å². The molecule has 92 valence electrons.